The summed E-state index contributed by atoms with van der Waals surface area (Å²) in [5, 5.41) is 2.93. The molecule has 2 aromatic carbocycles. The zero-order valence-corrected chi connectivity index (χ0v) is 18.5. The molecule has 0 atom stereocenters. The second kappa shape index (κ2) is 9.96. The molecule has 0 spiro atoms. The first-order valence-electron chi connectivity index (χ1n) is 11.4. The van der Waals surface area contributed by atoms with E-state index in [0.717, 1.165) is 12.1 Å². The van der Waals surface area contributed by atoms with E-state index in [4.69, 9.17) is 0 Å². The first kappa shape index (κ1) is 22.0. The summed E-state index contributed by atoms with van der Waals surface area (Å²) < 4.78 is 1.41. The predicted octanol–water partition coefficient (Wildman–Crippen LogP) is 3.02. The van der Waals surface area contributed by atoms with Crippen LogP contribution < -0.4 is 16.4 Å². The number of amides is 1. The van der Waals surface area contributed by atoms with Gasteiger partial charge >= 0.3 is 11.1 Å². The second-order valence-corrected chi connectivity index (χ2v) is 8.42. The number of rotatable bonds is 6. The van der Waals surface area contributed by atoms with Crippen LogP contribution in [0.5, 0.6) is 0 Å². The molecule has 1 fully saturated rings. The molecule has 4 rings (SSSR count). The van der Waals surface area contributed by atoms with Crippen molar-refractivity contribution < 1.29 is 4.79 Å². The minimum absolute atomic E-state index is 0.226. The van der Waals surface area contributed by atoms with E-state index < -0.39 is 11.1 Å². The molecule has 7 nitrogen and oxygen atoms in total. The van der Waals surface area contributed by atoms with E-state index in [1.54, 1.807) is 25.1 Å². The van der Waals surface area contributed by atoms with Crippen molar-refractivity contribution in [2.24, 2.45) is 0 Å². The van der Waals surface area contributed by atoms with Crippen LogP contribution in [0.4, 0.5) is 0 Å². The number of carbonyl (C=O) groups is 1. The minimum Gasteiger partial charge on any atom is -0.348 e. The van der Waals surface area contributed by atoms with E-state index in [0.29, 0.717) is 29.7 Å². The SMILES string of the molecule is CCn1c(=O)c(=O)[nH]c2cc(C(=O)NCc3ccc(CN4CCCCCC4)cc3)ccc21. The van der Waals surface area contributed by atoms with Gasteiger partial charge in [-0.05, 0) is 62.2 Å². The highest BCUT2D eigenvalue weighted by molar-refractivity contribution is 5.97. The van der Waals surface area contributed by atoms with E-state index in [2.05, 4.69) is 39.5 Å². The summed E-state index contributed by atoms with van der Waals surface area (Å²) in [6.07, 6.45) is 5.23. The molecule has 1 aromatic heterocycles. The fraction of sp³-hybridized carbons (Fsp3) is 0.400. The number of fused-ring (bicyclic) bond motifs is 1. The number of aromatic nitrogens is 2. The van der Waals surface area contributed by atoms with E-state index in [1.807, 2.05) is 0 Å². The van der Waals surface area contributed by atoms with Gasteiger partial charge in [0, 0.05) is 25.2 Å². The lowest BCUT2D eigenvalue weighted by Crippen LogP contribution is -2.36. The summed E-state index contributed by atoms with van der Waals surface area (Å²) in [4.78, 5) is 41.6. The standard InChI is InChI=1S/C25H30N4O3/c1-2-29-22-12-11-20(15-21(22)27-24(31)25(29)32)23(30)26-16-18-7-9-19(10-8-18)17-28-13-5-3-4-6-14-28/h7-12,15H,2-6,13-14,16-17H2,1H3,(H,26,30)(H,27,31). The molecule has 0 aliphatic carbocycles. The van der Waals surface area contributed by atoms with Gasteiger partial charge < -0.3 is 14.9 Å². The molecular formula is C25H30N4O3. The van der Waals surface area contributed by atoms with Crippen molar-refractivity contribution in [3.63, 3.8) is 0 Å². The van der Waals surface area contributed by atoms with E-state index >= 15 is 0 Å². The van der Waals surface area contributed by atoms with Gasteiger partial charge in [-0.15, -0.1) is 0 Å². The molecule has 3 aromatic rings. The Bertz CT molecular complexity index is 1200. The smallest absolute Gasteiger partial charge is 0.316 e. The maximum Gasteiger partial charge on any atom is 0.316 e. The van der Waals surface area contributed by atoms with Crippen molar-refractivity contribution in [3.05, 3.63) is 79.9 Å². The predicted molar refractivity (Wildman–Crippen MR) is 126 cm³/mol. The minimum atomic E-state index is -0.683. The molecule has 1 amide bonds. The summed E-state index contributed by atoms with van der Waals surface area (Å²) >= 11 is 0. The highest BCUT2D eigenvalue weighted by Gasteiger charge is 2.12. The number of benzene rings is 2. The molecular weight excluding hydrogens is 404 g/mol. The van der Waals surface area contributed by atoms with Crippen LogP contribution in [0, 0.1) is 0 Å². The molecule has 0 unspecified atom stereocenters. The Labute approximate surface area is 187 Å². The highest BCUT2D eigenvalue weighted by atomic mass is 16.2. The van der Waals surface area contributed by atoms with Crippen LogP contribution in [0.2, 0.25) is 0 Å². The Morgan fingerprint density at radius 2 is 1.66 bits per heavy atom. The molecule has 0 bridgehead atoms. The quantitative estimate of drug-likeness (QED) is 0.584. The van der Waals surface area contributed by atoms with Gasteiger partial charge in [-0.25, -0.2) is 0 Å². The number of H-pyrrole nitrogens is 1. The summed E-state index contributed by atoms with van der Waals surface area (Å²) in [6, 6.07) is 13.4. The Balaban J connectivity index is 1.40. The molecule has 1 aliphatic heterocycles. The van der Waals surface area contributed by atoms with Crippen molar-refractivity contribution in [1.82, 2.24) is 19.8 Å². The maximum absolute atomic E-state index is 12.7. The molecule has 2 heterocycles. The zero-order chi connectivity index (χ0) is 22.5. The lowest BCUT2D eigenvalue weighted by molar-refractivity contribution is 0.0951. The summed E-state index contributed by atoms with van der Waals surface area (Å²) in [5.41, 5.74) is 2.57. The number of nitrogens with one attached hydrogen (secondary N) is 2. The number of hydrogen-bond donors (Lipinski definition) is 2. The largest absolute Gasteiger partial charge is 0.348 e. The van der Waals surface area contributed by atoms with Gasteiger partial charge in [-0.2, -0.15) is 0 Å². The average Bonchev–Trinajstić information content (AvgIpc) is 3.07. The maximum atomic E-state index is 12.7. The van der Waals surface area contributed by atoms with Gasteiger partial charge in [0.15, 0.2) is 0 Å². The Morgan fingerprint density at radius 3 is 2.34 bits per heavy atom. The van der Waals surface area contributed by atoms with E-state index in [-0.39, 0.29) is 5.91 Å². The van der Waals surface area contributed by atoms with E-state index in [9.17, 15) is 14.4 Å². The molecule has 7 heteroatoms. The molecule has 0 radical (unpaired) electrons. The van der Waals surface area contributed by atoms with Crippen LogP contribution in [0.1, 0.15) is 54.1 Å². The van der Waals surface area contributed by atoms with Gasteiger partial charge in [-0.3, -0.25) is 19.3 Å². The molecule has 168 valence electrons. The van der Waals surface area contributed by atoms with Gasteiger partial charge in [0.2, 0.25) is 0 Å². The fourth-order valence-corrected chi connectivity index (χ4v) is 4.33. The van der Waals surface area contributed by atoms with Crippen LogP contribution >= 0.6 is 0 Å². The van der Waals surface area contributed by atoms with Crippen molar-refractivity contribution in [3.8, 4) is 0 Å². The normalized spacial score (nSPS) is 14.9. The van der Waals surface area contributed by atoms with Gasteiger partial charge in [0.1, 0.15) is 0 Å². The molecule has 1 saturated heterocycles. The van der Waals surface area contributed by atoms with Crippen LogP contribution in [-0.4, -0.2) is 33.4 Å². The van der Waals surface area contributed by atoms with Crippen LogP contribution in [-0.2, 0) is 19.6 Å². The monoisotopic (exact) mass is 434 g/mol. The Morgan fingerprint density at radius 1 is 0.969 bits per heavy atom. The third-order valence-corrected chi connectivity index (χ3v) is 6.13. The molecule has 1 aliphatic rings. The topological polar surface area (TPSA) is 87.2 Å². The van der Waals surface area contributed by atoms with Crippen molar-refractivity contribution in [2.75, 3.05) is 13.1 Å². The number of aromatic amines is 1. The third kappa shape index (κ3) is 4.99. The van der Waals surface area contributed by atoms with Crippen LogP contribution in [0.25, 0.3) is 11.0 Å². The van der Waals surface area contributed by atoms with Crippen molar-refractivity contribution >= 4 is 16.9 Å². The van der Waals surface area contributed by atoms with Crippen LogP contribution in [0.15, 0.2) is 52.1 Å². The number of carbonyl (C=O) groups excluding carboxylic acids is 1. The van der Waals surface area contributed by atoms with Crippen molar-refractivity contribution in [1.29, 1.82) is 0 Å². The molecule has 32 heavy (non-hydrogen) atoms. The fourth-order valence-electron chi connectivity index (χ4n) is 4.33. The average molecular weight is 435 g/mol. The van der Waals surface area contributed by atoms with Gasteiger partial charge in [0.05, 0.1) is 11.0 Å². The first-order chi connectivity index (χ1) is 15.5. The van der Waals surface area contributed by atoms with Crippen LogP contribution in [0.3, 0.4) is 0 Å². The number of nitrogens with zero attached hydrogens (tertiary/aromatic N) is 2. The third-order valence-electron chi connectivity index (χ3n) is 6.13. The number of hydrogen-bond acceptors (Lipinski definition) is 4. The molecule has 2 N–H and O–H groups in total. The zero-order valence-electron chi connectivity index (χ0n) is 18.5. The van der Waals surface area contributed by atoms with Gasteiger partial charge in [-0.1, -0.05) is 37.1 Å². The number of aryl methyl sites for hydroxylation is 1. The molecule has 0 saturated carbocycles. The lowest BCUT2D eigenvalue weighted by atomic mass is 10.1. The Kier molecular flexibility index (Phi) is 6.85. The first-order valence-corrected chi connectivity index (χ1v) is 11.4. The summed E-state index contributed by atoms with van der Waals surface area (Å²) in [6.45, 7) is 5.93. The Hall–Kier alpha value is -3.19. The van der Waals surface area contributed by atoms with Gasteiger partial charge in [0.25, 0.3) is 5.91 Å². The lowest BCUT2D eigenvalue weighted by Gasteiger charge is -2.19. The van der Waals surface area contributed by atoms with E-state index in [1.165, 1.54) is 48.9 Å². The van der Waals surface area contributed by atoms with Crippen molar-refractivity contribution in [2.45, 2.75) is 52.2 Å². The second-order valence-electron chi connectivity index (χ2n) is 8.42. The summed E-state index contributed by atoms with van der Waals surface area (Å²) in [5.74, 6) is -0.226. The summed E-state index contributed by atoms with van der Waals surface area (Å²) in [7, 11) is 0. The number of likely N-dealkylation sites (tertiary alicyclic amines) is 1. The highest BCUT2D eigenvalue weighted by Crippen LogP contribution is 2.15.